The molecule has 0 aromatic heterocycles. The van der Waals surface area contributed by atoms with E-state index in [1.54, 1.807) is 14.2 Å². The molecule has 2 rings (SSSR count). The van der Waals surface area contributed by atoms with Crippen molar-refractivity contribution in [2.45, 2.75) is 0 Å². The minimum absolute atomic E-state index is 0.0516. The van der Waals surface area contributed by atoms with Gasteiger partial charge in [0.1, 0.15) is 11.5 Å². The maximum Gasteiger partial charge on any atom is 0.576 e. The highest BCUT2D eigenvalue weighted by molar-refractivity contribution is 9.10. The summed E-state index contributed by atoms with van der Waals surface area (Å²) in [5.74, 6) is 2.49. The van der Waals surface area contributed by atoms with Crippen LogP contribution in [0.2, 0.25) is 0 Å². The molecule has 0 aliphatic heterocycles. The van der Waals surface area contributed by atoms with Gasteiger partial charge in [0.25, 0.3) is 0 Å². The van der Waals surface area contributed by atoms with Crippen LogP contribution >= 0.6 is 31.9 Å². The van der Waals surface area contributed by atoms with Gasteiger partial charge >= 0.3 is 7.69 Å². The number of rotatable bonds is 6. The Labute approximate surface area is 140 Å². The number of methoxy groups -OCH3 is 2. The maximum atomic E-state index is 5.58. The highest BCUT2D eigenvalue weighted by Gasteiger charge is 2.09. The van der Waals surface area contributed by atoms with Crippen molar-refractivity contribution in [3.05, 3.63) is 45.3 Å². The molecule has 0 N–H and O–H groups in total. The van der Waals surface area contributed by atoms with E-state index in [0.717, 1.165) is 8.95 Å². The lowest BCUT2D eigenvalue weighted by Gasteiger charge is -2.13. The molecule has 7 heteroatoms. The van der Waals surface area contributed by atoms with E-state index in [1.165, 1.54) is 0 Å². The lowest BCUT2D eigenvalue weighted by atomic mass is 10.2. The maximum absolute atomic E-state index is 5.58. The Morgan fingerprint density at radius 1 is 0.714 bits per heavy atom. The summed E-state index contributed by atoms with van der Waals surface area (Å²) in [5.41, 5.74) is 0. The van der Waals surface area contributed by atoms with E-state index in [2.05, 4.69) is 31.9 Å². The minimum Gasteiger partial charge on any atom is -0.526 e. The summed E-state index contributed by atoms with van der Waals surface area (Å²) in [7, 11) is 3.23. The summed E-state index contributed by atoms with van der Waals surface area (Å²) in [5, 5.41) is 0. The molecular weight excluding hydrogens is 403 g/mol. The highest BCUT2D eigenvalue weighted by atomic mass is 79.9. The summed E-state index contributed by atoms with van der Waals surface area (Å²) >= 11 is 6.76. The third-order valence-corrected chi connectivity index (χ3v) is 3.67. The van der Waals surface area contributed by atoms with E-state index < -0.39 is 0 Å². The van der Waals surface area contributed by atoms with Gasteiger partial charge in [-0.3, -0.25) is 0 Å². The lowest BCUT2D eigenvalue weighted by Crippen LogP contribution is -2.12. The molecule has 0 fully saturated rings. The molecule has 21 heavy (non-hydrogen) atoms. The van der Waals surface area contributed by atoms with Gasteiger partial charge in [-0.15, -0.1) is 0 Å². The van der Waals surface area contributed by atoms with Gasteiger partial charge in [0.05, 0.1) is 14.2 Å². The Balaban J connectivity index is 2.02. The van der Waals surface area contributed by atoms with Gasteiger partial charge in [-0.1, -0.05) is 31.9 Å². The van der Waals surface area contributed by atoms with Crippen LogP contribution in [0, 0.1) is 0 Å². The van der Waals surface area contributed by atoms with Crippen LogP contribution in [0.25, 0.3) is 0 Å². The molecule has 0 spiro atoms. The van der Waals surface area contributed by atoms with Crippen molar-refractivity contribution in [1.29, 1.82) is 0 Å². The van der Waals surface area contributed by atoms with E-state index in [1.807, 2.05) is 36.4 Å². The van der Waals surface area contributed by atoms with Crippen molar-refractivity contribution in [3.63, 3.8) is 0 Å². The average Bonchev–Trinajstić information content (AvgIpc) is 2.49. The van der Waals surface area contributed by atoms with Crippen LogP contribution in [-0.2, 0) is 0 Å². The van der Waals surface area contributed by atoms with Crippen LogP contribution < -0.4 is 18.8 Å². The standard InChI is InChI=1S/C14H13BBr2O4/c1-18-13-7-9(16)3-5-11(13)20-15-21-12-6-4-10(17)8-14(12)19-2/h3-8,15H,1-2H3. The van der Waals surface area contributed by atoms with Gasteiger partial charge in [-0.05, 0) is 36.4 Å². The number of hydrogen-bond acceptors (Lipinski definition) is 4. The number of hydrogen-bond donors (Lipinski definition) is 0. The summed E-state index contributed by atoms with van der Waals surface area (Å²) in [6.45, 7) is 0. The smallest absolute Gasteiger partial charge is 0.526 e. The van der Waals surface area contributed by atoms with Gasteiger partial charge in [0, 0.05) is 8.95 Å². The third-order valence-electron chi connectivity index (χ3n) is 2.68. The highest BCUT2D eigenvalue weighted by Crippen LogP contribution is 2.32. The van der Waals surface area contributed by atoms with Gasteiger partial charge in [0.15, 0.2) is 11.5 Å². The molecule has 0 aliphatic rings. The van der Waals surface area contributed by atoms with E-state index in [9.17, 15) is 0 Å². The molecule has 0 saturated heterocycles. The average molecular weight is 416 g/mol. The molecule has 0 unspecified atom stereocenters. The Bertz CT molecular complexity index is 568. The van der Waals surface area contributed by atoms with Gasteiger partial charge in [-0.25, -0.2) is 0 Å². The monoisotopic (exact) mass is 414 g/mol. The molecule has 2 aromatic rings. The van der Waals surface area contributed by atoms with Crippen molar-refractivity contribution in [1.82, 2.24) is 0 Å². The second kappa shape index (κ2) is 7.61. The van der Waals surface area contributed by atoms with E-state index in [0.29, 0.717) is 23.0 Å². The zero-order chi connectivity index (χ0) is 15.2. The Hall–Kier alpha value is -1.34. The molecule has 0 saturated carbocycles. The lowest BCUT2D eigenvalue weighted by molar-refractivity contribution is 0.370. The normalized spacial score (nSPS) is 9.90. The Kier molecular flexibility index (Phi) is 5.81. The van der Waals surface area contributed by atoms with Crippen molar-refractivity contribution >= 4 is 39.5 Å². The second-order valence-electron chi connectivity index (χ2n) is 4.00. The van der Waals surface area contributed by atoms with Crippen LogP contribution in [0.15, 0.2) is 45.3 Å². The first-order chi connectivity index (χ1) is 10.1. The van der Waals surface area contributed by atoms with Crippen molar-refractivity contribution in [2.24, 2.45) is 0 Å². The van der Waals surface area contributed by atoms with E-state index in [4.69, 9.17) is 18.8 Å². The van der Waals surface area contributed by atoms with Crippen LogP contribution in [0.5, 0.6) is 23.0 Å². The summed E-state index contributed by atoms with van der Waals surface area (Å²) in [6.07, 6.45) is 0. The van der Waals surface area contributed by atoms with Crippen LogP contribution in [0.4, 0.5) is 0 Å². The van der Waals surface area contributed by atoms with Crippen LogP contribution in [0.1, 0.15) is 0 Å². The SMILES string of the molecule is COc1cc(Br)ccc1OBOc1ccc(Br)cc1OC. The number of halogens is 2. The first-order valence-electron chi connectivity index (χ1n) is 6.06. The van der Waals surface area contributed by atoms with Gasteiger partial charge in [-0.2, -0.15) is 0 Å². The van der Waals surface area contributed by atoms with Gasteiger partial charge in [0.2, 0.25) is 0 Å². The number of ether oxygens (including phenoxy) is 2. The zero-order valence-corrected chi connectivity index (χ0v) is 14.7. The van der Waals surface area contributed by atoms with Crippen LogP contribution in [0.3, 0.4) is 0 Å². The van der Waals surface area contributed by atoms with Crippen molar-refractivity contribution in [3.8, 4) is 23.0 Å². The van der Waals surface area contributed by atoms with E-state index in [-0.39, 0.29) is 7.69 Å². The first-order valence-corrected chi connectivity index (χ1v) is 7.65. The molecule has 0 radical (unpaired) electrons. The van der Waals surface area contributed by atoms with E-state index >= 15 is 0 Å². The number of benzene rings is 2. The predicted molar refractivity (Wildman–Crippen MR) is 89.8 cm³/mol. The minimum atomic E-state index is 0.0516. The first kappa shape index (κ1) is 16.0. The fourth-order valence-corrected chi connectivity index (χ4v) is 2.36. The van der Waals surface area contributed by atoms with Crippen molar-refractivity contribution < 1.29 is 18.8 Å². The Morgan fingerprint density at radius 3 is 1.52 bits per heavy atom. The van der Waals surface area contributed by atoms with Crippen LogP contribution in [-0.4, -0.2) is 21.9 Å². The quantitative estimate of drug-likeness (QED) is 0.669. The molecule has 0 bridgehead atoms. The molecular formula is C14H13BBr2O4. The molecule has 0 aliphatic carbocycles. The summed E-state index contributed by atoms with van der Waals surface area (Å²) in [4.78, 5) is 0. The topological polar surface area (TPSA) is 36.9 Å². The third kappa shape index (κ3) is 4.31. The van der Waals surface area contributed by atoms with Gasteiger partial charge < -0.3 is 18.8 Å². The molecule has 110 valence electrons. The molecule has 2 aromatic carbocycles. The predicted octanol–water partition coefficient (Wildman–Crippen LogP) is 3.95. The second-order valence-corrected chi connectivity index (χ2v) is 5.83. The largest absolute Gasteiger partial charge is 0.576 e. The summed E-state index contributed by atoms with van der Waals surface area (Å²) in [6, 6.07) is 11.0. The molecule has 0 atom stereocenters. The zero-order valence-electron chi connectivity index (χ0n) is 11.6. The fraction of sp³-hybridized carbons (Fsp3) is 0.143. The van der Waals surface area contributed by atoms with Crippen molar-refractivity contribution in [2.75, 3.05) is 14.2 Å². The summed E-state index contributed by atoms with van der Waals surface area (Å²) < 4.78 is 23.5. The molecule has 0 heterocycles. The Morgan fingerprint density at radius 2 is 1.14 bits per heavy atom. The molecule has 4 nitrogen and oxygen atoms in total. The fourth-order valence-electron chi connectivity index (χ4n) is 1.68. The molecule has 0 amide bonds.